The van der Waals surface area contributed by atoms with Gasteiger partial charge in [-0.1, -0.05) is 48.0 Å². The van der Waals surface area contributed by atoms with Gasteiger partial charge in [0.15, 0.2) is 0 Å². The van der Waals surface area contributed by atoms with Gasteiger partial charge >= 0.3 is 5.97 Å². The maximum Gasteiger partial charge on any atom is 0.312 e. The van der Waals surface area contributed by atoms with Crippen molar-refractivity contribution < 1.29 is 14.3 Å². The first-order valence-electron chi connectivity index (χ1n) is 7.64. The summed E-state index contributed by atoms with van der Waals surface area (Å²) in [5, 5.41) is 3.28. The molecule has 0 amide bonds. The molecule has 0 spiro atoms. The van der Waals surface area contributed by atoms with Gasteiger partial charge in [-0.05, 0) is 12.1 Å². The zero-order valence-corrected chi connectivity index (χ0v) is 15.1. The average molecular weight is 374 g/mol. The Bertz CT molecular complexity index is 878. The van der Waals surface area contributed by atoms with Crippen LogP contribution in [-0.4, -0.2) is 18.1 Å². The molecule has 3 rings (SSSR count). The summed E-state index contributed by atoms with van der Waals surface area (Å²) in [5.74, 6) is 0.367. The Morgan fingerprint density at radius 1 is 1.16 bits per heavy atom. The van der Waals surface area contributed by atoms with Gasteiger partial charge in [0.05, 0.1) is 24.2 Å². The van der Waals surface area contributed by atoms with Crippen molar-refractivity contribution in [1.82, 2.24) is 4.98 Å². The van der Waals surface area contributed by atoms with E-state index in [1.807, 2.05) is 53.9 Å². The molecule has 1 heterocycles. The Balaban J connectivity index is 1.61. The molecule has 0 atom stereocenters. The average Bonchev–Trinajstić information content (AvgIpc) is 3.08. The molecule has 0 N–H and O–H groups in total. The van der Waals surface area contributed by atoms with Crippen molar-refractivity contribution in [3.05, 3.63) is 70.2 Å². The number of hydrogen-bond donors (Lipinski definition) is 0. The van der Waals surface area contributed by atoms with E-state index in [0.29, 0.717) is 16.5 Å². The normalized spacial score (nSPS) is 10.5. The van der Waals surface area contributed by atoms with Crippen LogP contribution in [0.1, 0.15) is 11.3 Å². The summed E-state index contributed by atoms with van der Waals surface area (Å²) in [4.78, 5) is 16.6. The van der Waals surface area contributed by atoms with Crippen LogP contribution in [0.2, 0.25) is 5.02 Å². The number of hydrogen-bond acceptors (Lipinski definition) is 5. The number of carbonyl (C=O) groups is 1. The van der Waals surface area contributed by atoms with Crippen molar-refractivity contribution in [2.75, 3.05) is 7.11 Å². The number of halogens is 1. The summed E-state index contributed by atoms with van der Waals surface area (Å²) < 4.78 is 10.6. The molecule has 4 nitrogen and oxygen atoms in total. The second-order valence-electron chi connectivity index (χ2n) is 5.27. The summed E-state index contributed by atoms with van der Waals surface area (Å²) in [7, 11) is 1.59. The summed E-state index contributed by atoms with van der Waals surface area (Å²) in [6.45, 7) is 0.171. The number of methoxy groups -OCH3 is 1. The molecule has 25 heavy (non-hydrogen) atoms. The van der Waals surface area contributed by atoms with Gasteiger partial charge in [-0.25, -0.2) is 4.98 Å². The first-order chi connectivity index (χ1) is 12.2. The van der Waals surface area contributed by atoms with E-state index in [0.717, 1.165) is 16.1 Å². The Morgan fingerprint density at radius 2 is 1.92 bits per heavy atom. The highest BCUT2D eigenvalue weighted by Gasteiger charge is 2.12. The van der Waals surface area contributed by atoms with Crippen LogP contribution in [-0.2, 0) is 22.6 Å². The van der Waals surface area contributed by atoms with Crippen molar-refractivity contribution in [1.29, 1.82) is 0 Å². The fourth-order valence-corrected chi connectivity index (χ4v) is 3.47. The van der Waals surface area contributed by atoms with Crippen LogP contribution < -0.4 is 4.74 Å². The lowest BCUT2D eigenvalue weighted by atomic mass is 10.2. The molecule has 0 aliphatic heterocycles. The van der Waals surface area contributed by atoms with E-state index >= 15 is 0 Å². The van der Waals surface area contributed by atoms with Crippen LogP contribution >= 0.6 is 22.9 Å². The molecule has 128 valence electrons. The van der Waals surface area contributed by atoms with E-state index in [2.05, 4.69) is 4.98 Å². The van der Waals surface area contributed by atoms with Gasteiger partial charge in [0, 0.05) is 16.5 Å². The minimum Gasteiger partial charge on any atom is -0.496 e. The van der Waals surface area contributed by atoms with Gasteiger partial charge in [-0.15, -0.1) is 11.3 Å². The number of carbonyl (C=O) groups excluding carboxylic acids is 1. The van der Waals surface area contributed by atoms with Gasteiger partial charge in [0.25, 0.3) is 0 Å². The third-order valence-corrected chi connectivity index (χ3v) is 4.82. The largest absolute Gasteiger partial charge is 0.496 e. The standard InChI is InChI=1S/C19H16ClNO3S/c1-23-17-9-5-2-6-13(17)11-24-18(22)10-14-12-25-19(21-14)15-7-3-4-8-16(15)20/h2-9,12H,10-11H2,1H3. The zero-order valence-electron chi connectivity index (χ0n) is 13.6. The lowest BCUT2D eigenvalue weighted by Crippen LogP contribution is -2.08. The minimum absolute atomic E-state index is 0.121. The van der Waals surface area contributed by atoms with E-state index in [4.69, 9.17) is 21.1 Å². The van der Waals surface area contributed by atoms with Gasteiger partial charge in [-0.2, -0.15) is 0 Å². The monoisotopic (exact) mass is 373 g/mol. The number of nitrogens with zero attached hydrogens (tertiary/aromatic N) is 1. The molecule has 0 unspecified atom stereocenters. The van der Waals surface area contributed by atoms with Crippen molar-refractivity contribution in [2.45, 2.75) is 13.0 Å². The topological polar surface area (TPSA) is 48.4 Å². The summed E-state index contributed by atoms with van der Waals surface area (Å²) in [6.07, 6.45) is 0.121. The fraction of sp³-hybridized carbons (Fsp3) is 0.158. The molecule has 3 aromatic rings. The van der Waals surface area contributed by atoms with E-state index < -0.39 is 0 Å². The molecule has 0 bridgehead atoms. The number of rotatable bonds is 6. The van der Waals surface area contributed by atoms with Crippen molar-refractivity contribution in [2.24, 2.45) is 0 Å². The number of para-hydroxylation sites is 1. The molecule has 6 heteroatoms. The van der Waals surface area contributed by atoms with Crippen molar-refractivity contribution in [3.8, 4) is 16.3 Å². The molecule has 0 aliphatic carbocycles. The van der Waals surface area contributed by atoms with Crippen LogP contribution in [0.4, 0.5) is 0 Å². The fourth-order valence-electron chi connectivity index (χ4n) is 2.33. The zero-order chi connectivity index (χ0) is 17.6. The van der Waals surface area contributed by atoms with Crippen LogP contribution in [0.5, 0.6) is 5.75 Å². The third kappa shape index (κ3) is 4.38. The van der Waals surface area contributed by atoms with E-state index in [-0.39, 0.29) is 19.0 Å². The quantitative estimate of drug-likeness (QED) is 0.584. The van der Waals surface area contributed by atoms with Crippen LogP contribution in [0.25, 0.3) is 10.6 Å². The lowest BCUT2D eigenvalue weighted by molar-refractivity contribution is -0.144. The summed E-state index contributed by atoms with van der Waals surface area (Å²) in [5.41, 5.74) is 2.36. The maximum absolute atomic E-state index is 12.1. The van der Waals surface area contributed by atoms with Gasteiger partial charge < -0.3 is 9.47 Å². The molecule has 0 aliphatic rings. The minimum atomic E-state index is -0.332. The first-order valence-corrected chi connectivity index (χ1v) is 8.90. The lowest BCUT2D eigenvalue weighted by Gasteiger charge is -2.08. The van der Waals surface area contributed by atoms with Gasteiger partial charge in [0.1, 0.15) is 17.4 Å². The first kappa shape index (κ1) is 17.5. The highest BCUT2D eigenvalue weighted by Crippen LogP contribution is 2.30. The molecule has 0 saturated carbocycles. The Labute approximate surface area is 155 Å². The molecular formula is C19H16ClNO3S. The van der Waals surface area contributed by atoms with E-state index in [9.17, 15) is 4.79 Å². The molecule has 1 aromatic heterocycles. The van der Waals surface area contributed by atoms with E-state index in [1.165, 1.54) is 11.3 Å². The third-order valence-electron chi connectivity index (χ3n) is 3.56. The second-order valence-corrected chi connectivity index (χ2v) is 6.54. The van der Waals surface area contributed by atoms with Gasteiger partial charge in [0.2, 0.25) is 0 Å². The van der Waals surface area contributed by atoms with Crippen LogP contribution in [0.15, 0.2) is 53.9 Å². The smallest absolute Gasteiger partial charge is 0.312 e. The van der Waals surface area contributed by atoms with Crippen molar-refractivity contribution in [3.63, 3.8) is 0 Å². The van der Waals surface area contributed by atoms with Crippen LogP contribution in [0, 0.1) is 0 Å². The number of ether oxygens (including phenoxy) is 2. The Hall–Kier alpha value is -2.37. The summed E-state index contributed by atoms with van der Waals surface area (Å²) in [6, 6.07) is 14.9. The number of thiazole rings is 1. The van der Waals surface area contributed by atoms with Crippen molar-refractivity contribution >= 4 is 28.9 Å². The molecular weight excluding hydrogens is 358 g/mol. The highest BCUT2D eigenvalue weighted by atomic mass is 35.5. The van der Waals surface area contributed by atoms with Gasteiger partial charge in [-0.3, -0.25) is 4.79 Å². The number of esters is 1. The predicted molar refractivity (Wildman–Crippen MR) is 99.1 cm³/mol. The number of benzene rings is 2. The molecule has 2 aromatic carbocycles. The number of aromatic nitrogens is 1. The molecule has 0 fully saturated rings. The Kier molecular flexibility index (Phi) is 5.68. The summed E-state index contributed by atoms with van der Waals surface area (Å²) >= 11 is 7.64. The Morgan fingerprint density at radius 3 is 2.72 bits per heavy atom. The SMILES string of the molecule is COc1ccccc1COC(=O)Cc1csc(-c2ccccc2Cl)n1. The highest BCUT2D eigenvalue weighted by molar-refractivity contribution is 7.13. The predicted octanol–water partition coefficient (Wildman–Crippen LogP) is 4.76. The maximum atomic E-state index is 12.1. The van der Waals surface area contributed by atoms with Crippen LogP contribution in [0.3, 0.4) is 0 Å². The molecule has 0 saturated heterocycles. The van der Waals surface area contributed by atoms with E-state index in [1.54, 1.807) is 7.11 Å². The second kappa shape index (κ2) is 8.14. The molecule has 0 radical (unpaired) electrons.